The molecule has 2 heterocycles. The van der Waals surface area contributed by atoms with Gasteiger partial charge in [0.25, 0.3) is 11.8 Å². The van der Waals surface area contributed by atoms with Gasteiger partial charge < -0.3 is 15.4 Å². The number of hydrogen-bond donors (Lipinski definition) is 2. The molecule has 0 saturated heterocycles. The van der Waals surface area contributed by atoms with Gasteiger partial charge in [0, 0.05) is 25.9 Å². The first kappa shape index (κ1) is 18.5. The van der Waals surface area contributed by atoms with Gasteiger partial charge in [-0.25, -0.2) is 13.8 Å². The number of hydrogen-bond acceptors (Lipinski definition) is 4. The maximum atomic E-state index is 13.8. The number of benzene rings is 1. The molecule has 7 nitrogen and oxygen atoms in total. The third-order valence-corrected chi connectivity index (χ3v) is 3.74. The number of ether oxygens (including phenoxy) is 1. The van der Waals surface area contributed by atoms with Crippen molar-refractivity contribution in [3.63, 3.8) is 0 Å². The fraction of sp³-hybridized carbons (Fsp3) is 0.167. The van der Waals surface area contributed by atoms with Gasteiger partial charge in [-0.2, -0.15) is 0 Å². The number of carbonyl (C=O) groups is 2. The highest BCUT2D eigenvalue weighted by molar-refractivity contribution is 6.09. The Balaban J connectivity index is 1.92. The minimum absolute atomic E-state index is 0.00595. The van der Waals surface area contributed by atoms with Crippen LogP contribution in [-0.2, 0) is 4.74 Å². The van der Waals surface area contributed by atoms with E-state index in [1.54, 1.807) is 24.4 Å². The summed E-state index contributed by atoms with van der Waals surface area (Å²) >= 11 is 0. The number of nitrogens with zero attached hydrogens (tertiary/aromatic N) is 2. The number of imidazole rings is 1. The zero-order chi connectivity index (χ0) is 19.4. The lowest BCUT2D eigenvalue weighted by Gasteiger charge is -2.05. The number of nitrogens with one attached hydrogen (secondary N) is 2. The SMILES string of the molecule is COCCNC(=O)c1nc(C(=O)Nc2ccc(F)cc2F)c2ccccn12. The molecular weight excluding hydrogens is 358 g/mol. The molecule has 2 N–H and O–H groups in total. The number of halogens is 2. The summed E-state index contributed by atoms with van der Waals surface area (Å²) in [6, 6.07) is 7.77. The second kappa shape index (κ2) is 7.92. The van der Waals surface area contributed by atoms with Crippen LogP contribution in [0.2, 0.25) is 0 Å². The van der Waals surface area contributed by atoms with Gasteiger partial charge in [0.2, 0.25) is 5.82 Å². The highest BCUT2D eigenvalue weighted by Gasteiger charge is 2.22. The molecular formula is C18H16F2N4O3. The average Bonchev–Trinajstić information content (AvgIpc) is 3.04. The largest absolute Gasteiger partial charge is 0.383 e. The molecule has 27 heavy (non-hydrogen) atoms. The Labute approximate surface area is 153 Å². The van der Waals surface area contributed by atoms with Crippen molar-refractivity contribution in [3.05, 3.63) is 65.7 Å². The van der Waals surface area contributed by atoms with Crippen molar-refractivity contribution >= 4 is 23.0 Å². The molecule has 140 valence electrons. The number of methoxy groups -OCH3 is 1. The number of rotatable bonds is 6. The van der Waals surface area contributed by atoms with Crippen LogP contribution in [0, 0.1) is 11.6 Å². The Morgan fingerprint density at radius 3 is 2.74 bits per heavy atom. The van der Waals surface area contributed by atoms with Crippen molar-refractivity contribution in [3.8, 4) is 0 Å². The van der Waals surface area contributed by atoms with Crippen LogP contribution in [0.1, 0.15) is 21.1 Å². The smallest absolute Gasteiger partial charge is 0.287 e. The molecule has 0 bridgehead atoms. The molecule has 0 spiro atoms. The molecule has 3 aromatic rings. The summed E-state index contributed by atoms with van der Waals surface area (Å²) in [4.78, 5) is 29.0. The van der Waals surface area contributed by atoms with E-state index in [2.05, 4.69) is 15.6 Å². The molecule has 3 rings (SSSR count). The summed E-state index contributed by atoms with van der Waals surface area (Å²) in [5.74, 6) is -2.87. The van der Waals surface area contributed by atoms with Crippen LogP contribution >= 0.6 is 0 Å². The normalized spacial score (nSPS) is 10.8. The Kier molecular flexibility index (Phi) is 5.41. The Bertz CT molecular complexity index is 1000. The molecule has 0 fully saturated rings. The molecule has 0 aliphatic heterocycles. The van der Waals surface area contributed by atoms with Crippen LogP contribution < -0.4 is 10.6 Å². The summed E-state index contributed by atoms with van der Waals surface area (Å²) in [7, 11) is 1.51. The monoisotopic (exact) mass is 374 g/mol. The van der Waals surface area contributed by atoms with Crippen molar-refractivity contribution in [2.24, 2.45) is 0 Å². The van der Waals surface area contributed by atoms with E-state index in [9.17, 15) is 18.4 Å². The topological polar surface area (TPSA) is 84.7 Å². The number of amides is 2. The predicted octanol–water partition coefficient (Wildman–Crippen LogP) is 2.24. The number of pyridine rings is 1. The maximum Gasteiger partial charge on any atom is 0.287 e. The molecule has 0 aliphatic carbocycles. The van der Waals surface area contributed by atoms with E-state index in [1.807, 2.05) is 0 Å². The first-order valence-electron chi connectivity index (χ1n) is 8.02. The van der Waals surface area contributed by atoms with Crippen LogP contribution in [0.15, 0.2) is 42.6 Å². The van der Waals surface area contributed by atoms with E-state index in [4.69, 9.17) is 4.74 Å². The van der Waals surface area contributed by atoms with Crippen molar-refractivity contribution in [2.75, 3.05) is 25.6 Å². The van der Waals surface area contributed by atoms with Crippen LogP contribution in [0.25, 0.3) is 5.52 Å². The minimum atomic E-state index is -0.913. The summed E-state index contributed by atoms with van der Waals surface area (Å²) in [6.45, 7) is 0.603. The zero-order valence-corrected chi connectivity index (χ0v) is 14.3. The van der Waals surface area contributed by atoms with Gasteiger partial charge in [0.05, 0.1) is 17.8 Å². The number of anilines is 1. The average molecular weight is 374 g/mol. The lowest BCUT2D eigenvalue weighted by molar-refractivity contribution is 0.0926. The van der Waals surface area contributed by atoms with E-state index in [1.165, 1.54) is 11.5 Å². The predicted molar refractivity (Wildman–Crippen MR) is 93.7 cm³/mol. The molecule has 0 radical (unpaired) electrons. The standard InChI is InChI=1S/C18H16F2N4O3/c1-27-9-7-21-18(26)16-23-15(14-4-2-3-8-24(14)16)17(25)22-13-6-5-11(19)10-12(13)20/h2-6,8,10H,7,9H2,1H3,(H,21,26)(H,22,25). The fourth-order valence-corrected chi connectivity index (χ4v) is 2.48. The summed E-state index contributed by atoms with van der Waals surface area (Å²) in [6.07, 6.45) is 1.59. The Hall–Kier alpha value is -3.33. The minimum Gasteiger partial charge on any atom is -0.383 e. The van der Waals surface area contributed by atoms with Gasteiger partial charge in [-0.3, -0.25) is 14.0 Å². The number of carbonyl (C=O) groups excluding carboxylic acids is 2. The Morgan fingerprint density at radius 1 is 1.19 bits per heavy atom. The highest BCUT2D eigenvalue weighted by Crippen LogP contribution is 2.18. The molecule has 0 aliphatic rings. The van der Waals surface area contributed by atoms with Crippen LogP contribution in [0.3, 0.4) is 0 Å². The quantitative estimate of drug-likeness (QED) is 0.648. The van der Waals surface area contributed by atoms with E-state index in [0.29, 0.717) is 18.2 Å². The Morgan fingerprint density at radius 2 is 2.00 bits per heavy atom. The molecule has 1 aromatic carbocycles. The second-order valence-electron chi connectivity index (χ2n) is 5.57. The van der Waals surface area contributed by atoms with Crippen molar-refractivity contribution in [1.82, 2.24) is 14.7 Å². The molecule has 0 atom stereocenters. The van der Waals surface area contributed by atoms with Gasteiger partial charge in [0.1, 0.15) is 11.6 Å². The van der Waals surface area contributed by atoms with Crippen molar-refractivity contribution in [2.45, 2.75) is 0 Å². The highest BCUT2D eigenvalue weighted by atomic mass is 19.1. The summed E-state index contributed by atoms with van der Waals surface area (Å²) in [5, 5.41) is 4.97. The first-order valence-corrected chi connectivity index (χ1v) is 8.02. The van der Waals surface area contributed by atoms with E-state index in [-0.39, 0.29) is 23.8 Å². The van der Waals surface area contributed by atoms with Crippen LogP contribution in [0.5, 0.6) is 0 Å². The number of aromatic nitrogens is 2. The molecule has 2 aromatic heterocycles. The van der Waals surface area contributed by atoms with Crippen LogP contribution in [-0.4, -0.2) is 41.5 Å². The van der Waals surface area contributed by atoms with Gasteiger partial charge in [-0.1, -0.05) is 6.07 Å². The van der Waals surface area contributed by atoms with Crippen molar-refractivity contribution in [1.29, 1.82) is 0 Å². The molecule has 0 unspecified atom stereocenters. The van der Waals surface area contributed by atoms with E-state index in [0.717, 1.165) is 12.1 Å². The lowest BCUT2D eigenvalue weighted by Crippen LogP contribution is -2.28. The van der Waals surface area contributed by atoms with Crippen LogP contribution in [0.4, 0.5) is 14.5 Å². The lowest BCUT2D eigenvalue weighted by atomic mass is 10.2. The fourth-order valence-electron chi connectivity index (χ4n) is 2.48. The van der Waals surface area contributed by atoms with Gasteiger partial charge in [0.15, 0.2) is 5.69 Å². The maximum absolute atomic E-state index is 13.8. The van der Waals surface area contributed by atoms with E-state index >= 15 is 0 Å². The summed E-state index contributed by atoms with van der Waals surface area (Å²) < 4.78 is 33.1. The van der Waals surface area contributed by atoms with Gasteiger partial charge in [-0.15, -0.1) is 0 Å². The van der Waals surface area contributed by atoms with Crippen molar-refractivity contribution < 1.29 is 23.1 Å². The number of fused-ring (bicyclic) bond motifs is 1. The second-order valence-corrected chi connectivity index (χ2v) is 5.57. The third-order valence-electron chi connectivity index (χ3n) is 3.74. The molecule has 0 saturated carbocycles. The molecule has 2 amide bonds. The third kappa shape index (κ3) is 3.93. The van der Waals surface area contributed by atoms with Gasteiger partial charge in [-0.05, 0) is 24.3 Å². The summed E-state index contributed by atoms with van der Waals surface area (Å²) in [5.41, 5.74) is 0.121. The van der Waals surface area contributed by atoms with Gasteiger partial charge >= 0.3 is 0 Å². The molecule has 9 heteroatoms. The zero-order valence-electron chi connectivity index (χ0n) is 14.3. The van der Waals surface area contributed by atoms with E-state index < -0.39 is 23.4 Å². The first-order chi connectivity index (χ1) is 13.0.